The van der Waals surface area contributed by atoms with E-state index in [-0.39, 0.29) is 42.6 Å². The van der Waals surface area contributed by atoms with E-state index in [1.54, 1.807) is 41.3 Å². The normalized spacial score (nSPS) is 14.1. The Labute approximate surface area is 256 Å². The van der Waals surface area contributed by atoms with Gasteiger partial charge in [0.2, 0.25) is 11.8 Å². The van der Waals surface area contributed by atoms with Crippen molar-refractivity contribution >= 4 is 61.5 Å². The molecule has 0 aromatic heterocycles. The number of nitrogens with one attached hydrogen (secondary N) is 1. The van der Waals surface area contributed by atoms with Gasteiger partial charge in [0.05, 0.1) is 10.6 Å². The lowest BCUT2D eigenvalue weighted by atomic mass is 10.0. The second-order valence-corrected chi connectivity index (χ2v) is 12.8. The number of likely N-dealkylation sites (N-methyl/N-ethyl adjacent to an activating group) is 1. The molecule has 0 radical (unpaired) electrons. The smallest absolute Gasteiger partial charge is 0.265 e. The average molecular weight is 625 g/mol. The Morgan fingerprint density at radius 1 is 0.952 bits per heavy atom. The molecule has 0 fully saturated rings. The predicted molar refractivity (Wildman–Crippen MR) is 167 cm³/mol. The van der Waals surface area contributed by atoms with Gasteiger partial charge in [-0.05, 0) is 54.1 Å². The minimum absolute atomic E-state index is 0.0360. The number of halogens is 2. The molecule has 218 valence electrons. The summed E-state index contributed by atoms with van der Waals surface area (Å²) in [4.78, 5) is 29.1. The highest BCUT2D eigenvalue weighted by molar-refractivity contribution is 7.93. The number of hydrogen-bond donors (Lipinski definition) is 1. The molecule has 1 heterocycles. The van der Waals surface area contributed by atoms with Gasteiger partial charge in [0.25, 0.3) is 10.0 Å². The average Bonchev–Trinajstić information content (AvgIpc) is 3.19. The summed E-state index contributed by atoms with van der Waals surface area (Å²) in [6, 6.07) is 24.5. The van der Waals surface area contributed by atoms with Gasteiger partial charge >= 0.3 is 0 Å². The van der Waals surface area contributed by atoms with E-state index >= 15 is 0 Å². The third kappa shape index (κ3) is 6.11. The lowest BCUT2D eigenvalue weighted by Gasteiger charge is -2.32. The summed E-state index contributed by atoms with van der Waals surface area (Å²) in [6.07, 6.45) is 0.608. The number of amides is 2. The second-order valence-electron chi connectivity index (χ2n) is 10.2. The molecule has 7 nitrogen and oxygen atoms in total. The van der Waals surface area contributed by atoms with Crippen LogP contribution in [0.4, 0.5) is 5.69 Å². The van der Waals surface area contributed by atoms with E-state index in [1.165, 1.54) is 4.31 Å². The molecule has 1 aliphatic rings. The molecule has 4 aromatic carbocycles. The van der Waals surface area contributed by atoms with Gasteiger partial charge in [-0.3, -0.25) is 13.9 Å². The monoisotopic (exact) mass is 623 g/mol. The predicted octanol–water partition coefficient (Wildman–Crippen LogP) is 6.21. The number of rotatable bonds is 11. The summed E-state index contributed by atoms with van der Waals surface area (Å²) >= 11 is 12.6. The van der Waals surface area contributed by atoms with Crippen LogP contribution >= 0.6 is 23.2 Å². The standard InChI is InChI=1S/C32H31Cl2N3O4S/c1-2-35-32(39)28(19-22-9-4-3-5-10-22)36(21-24-16-17-25(33)20-26(24)34)30(38)15-8-18-37-27-13-6-11-23-12-7-14-29(31(23)27)42(37,40)41/h3-7,9-14,16-17,20,28H,2,8,15,18-19,21H2,1H3,(H,35,39). The van der Waals surface area contributed by atoms with Gasteiger partial charge < -0.3 is 10.2 Å². The Morgan fingerprint density at radius 2 is 1.69 bits per heavy atom. The van der Waals surface area contributed by atoms with Crippen LogP contribution in [0.25, 0.3) is 10.8 Å². The molecule has 2 amide bonds. The van der Waals surface area contributed by atoms with Crippen molar-refractivity contribution in [1.82, 2.24) is 10.2 Å². The van der Waals surface area contributed by atoms with Crippen molar-refractivity contribution in [1.29, 1.82) is 0 Å². The number of benzene rings is 4. The van der Waals surface area contributed by atoms with Crippen LogP contribution in [-0.4, -0.2) is 44.3 Å². The molecule has 10 heteroatoms. The van der Waals surface area contributed by atoms with Crippen molar-refractivity contribution in [2.45, 2.75) is 43.7 Å². The third-order valence-corrected chi connectivity index (χ3v) is 9.85. The van der Waals surface area contributed by atoms with Crippen LogP contribution < -0.4 is 9.62 Å². The maximum atomic E-state index is 13.9. The Balaban J connectivity index is 1.40. The fourth-order valence-electron chi connectivity index (χ4n) is 5.40. The first-order chi connectivity index (χ1) is 20.2. The van der Waals surface area contributed by atoms with Crippen molar-refractivity contribution in [2.75, 3.05) is 17.4 Å². The number of hydrogen-bond acceptors (Lipinski definition) is 4. The minimum Gasteiger partial charge on any atom is -0.355 e. The Bertz CT molecular complexity index is 1730. The van der Waals surface area contributed by atoms with E-state index in [2.05, 4.69) is 5.32 Å². The van der Waals surface area contributed by atoms with Crippen LogP contribution in [0.1, 0.15) is 30.9 Å². The highest BCUT2D eigenvalue weighted by atomic mass is 35.5. The molecule has 0 saturated heterocycles. The maximum absolute atomic E-state index is 13.9. The van der Waals surface area contributed by atoms with Gasteiger partial charge in [-0.2, -0.15) is 0 Å². The van der Waals surface area contributed by atoms with Crippen LogP contribution in [0, 0.1) is 0 Å². The molecule has 0 bridgehead atoms. The second kappa shape index (κ2) is 12.7. The SMILES string of the molecule is CCNC(=O)C(Cc1ccccc1)N(Cc1ccc(Cl)cc1Cl)C(=O)CCCN1c2cccc3cccc(c23)S1(=O)=O. The fraction of sp³-hybridized carbons (Fsp3) is 0.250. The molecule has 42 heavy (non-hydrogen) atoms. The quantitative estimate of drug-likeness (QED) is 0.215. The van der Waals surface area contributed by atoms with Crippen LogP contribution in [0.3, 0.4) is 0 Å². The minimum atomic E-state index is -3.74. The molecule has 1 N–H and O–H groups in total. The molecular formula is C32H31Cl2N3O4S. The zero-order valence-corrected chi connectivity index (χ0v) is 25.4. The van der Waals surface area contributed by atoms with Gasteiger partial charge in [0, 0.05) is 47.9 Å². The van der Waals surface area contributed by atoms with Crippen LogP contribution in [0.2, 0.25) is 10.0 Å². The lowest BCUT2D eigenvalue weighted by molar-refractivity contribution is -0.141. The third-order valence-electron chi connectivity index (χ3n) is 7.41. The first-order valence-corrected chi connectivity index (χ1v) is 16.0. The summed E-state index contributed by atoms with van der Waals surface area (Å²) in [7, 11) is -3.74. The van der Waals surface area contributed by atoms with Crippen molar-refractivity contribution in [3.8, 4) is 0 Å². The summed E-state index contributed by atoms with van der Waals surface area (Å²) in [5.41, 5.74) is 2.17. The van der Waals surface area contributed by atoms with Crippen molar-refractivity contribution in [3.63, 3.8) is 0 Å². The Hall–Kier alpha value is -3.59. The topological polar surface area (TPSA) is 86.8 Å². The van der Waals surface area contributed by atoms with E-state index in [9.17, 15) is 18.0 Å². The first kappa shape index (κ1) is 29.9. The van der Waals surface area contributed by atoms with E-state index in [0.29, 0.717) is 39.6 Å². The first-order valence-electron chi connectivity index (χ1n) is 13.8. The van der Waals surface area contributed by atoms with E-state index in [1.807, 2.05) is 55.5 Å². The van der Waals surface area contributed by atoms with E-state index in [4.69, 9.17) is 23.2 Å². The summed E-state index contributed by atoms with van der Waals surface area (Å²) in [5.74, 6) is -0.551. The van der Waals surface area contributed by atoms with Crippen molar-refractivity contribution in [3.05, 3.63) is 106 Å². The molecular weight excluding hydrogens is 593 g/mol. The Kier molecular flexibility index (Phi) is 9.06. The maximum Gasteiger partial charge on any atom is 0.265 e. The number of sulfonamides is 1. The van der Waals surface area contributed by atoms with Gasteiger partial charge in [-0.25, -0.2) is 8.42 Å². The number of carbonyl (C=O) groups excluding carboxylic acids is 2. The molecule has 1 unspecified atom stereocenters. The van der Waals surface area contributed by atoms with E-state index in [0.717, 1.165) is 10.9 Å². The van der Waals surface area contributed by atoms with Gasteiger partial charge in [-0.1, -0.05) is 83.9 Å². The van der Waals surface area contributed by atoms with Crippen LogP contribution in [0.5, 0.6) is 0 Å². The zero-order chi connectivity index (χ0) is 29.9. The van der Waals surface area contributed by atoms with Crippen molar-refractivity contribution in [2.24, 2.45) is 0 Å². The molecule has 5 rings (SSSR count). The zero-order valence-electron chi connectivity index (χ0n) is 23.1. The number of nitrogens with zero attached hydrogens (tertiary/aromatic N) is 2. The highest BCUT2D eigenvalue weighted by Gasteiger charge is 2.36. The molecule has 1 atom stereocenters. The molecule has 4 aromatic rings. The largest absolute Gasteiger partial charge is 0.355 e. The van der Waals surface area contributed by atoms with E-state index < -0.39 is 16.1 Å². The molecule has 1 aliphatic heterocycles. The number of carbonyl (C=O) groups is 2. The van der Waals surface area contributed by atoms with Gasteiger partial charge in [0.1, 0.15) is 6.04 Å². The fourth-order valence-corrected chi connectivity index (χ4v) is 7.61. The summed E-state index contributed by atoms with van der Waals surface area (Å²) < 4.78 is 28.2. The molecule has 0 aliphatic carbocycles. The number of anilines is 1. The Morgan fingerprint density at radius 3 is 2.40 bits per heavy atom. The molecule has 0 spiro atoms. The summed E-state index contributed by atoms with van der Waals surface area (Å²) in [5, 5.41) is 5.28. The lowest BCUT2D eigenvalue weighted by Crippen LogP contribution is -2.50. The highest BCUT2D eigenvalue weighted by Crippen LogP contribution is 2.42. The molecule has 0 saturated carbocycles. The van der Waals surface area contributed by atoms with Crippen LogP contribution in [0.15, 0.2) is 89.8 Å². The van der Waals surface area contributed by atoms with Gasteiger partial charge in [0.15, 0.2) is 0 Å². The van der Waals surface area contributed by atoms with Crippen LogP contribution in [-0.2, 0) is 32.6 Å². The van der Waals surface area contributed by atoms with Gasteiger partial charge in [-0.15, -0.1) is 0 Å². The summed E-state index contributed by atoms with van der Waals surface area (Å²) in [6.45, 7) is 2.46. The van der Waals surface area contributed by atoms with Crippen molar-refractivity contribution < 1.29 is 18.0 Å².